The van der Waals surface area contributed by atoms with Crippen molar-refractivity contribution >= 4 is 87.0 Å². The summed E-state index contributed by atoms with van der Waals surface area (Å²) >= 11 is 0. The van der Waals surface area contributed by atoms with E-state index >= 15 is 0 Å². The molecule has 0 N–H and O–H groups in total. The summed E-state index contributed by atoms with van der Waals surface area (Å²) < 4.78 is 12.3. The molecule has 4 aromatic heterocycles. The molecule has 0 spiro atoms. The van der Waals surface area contributed by atoms with Crippen LogP contribution in [-0.2, 0) is 0 Å². The molecule has 0 fully saturated rings. The second-order valence-corrected chi connectivity index (χ2v) is 22.6. The van der Waals surface area contributed by atoms with Gasteiger partial charge in [-0.15, -0.1) is 0 Å². The van der Waals surface area contributed by atoms with Crippen LogP contribution in [0, 0.1) is 0 Å². The smallest absolute Gasteiger partial charge is 0.164 e. The normalized spacial score (nSPS) is 11.6. The Balaban J connectivity index is 0.000000139. The van der Waals surface area contributed by atoms with Crippen LogP contribution >= 0.6 is 0 Å². The summed E-state index contributed by atoms with van der Waals surface area (Å²) in [6.45, 7) is 0. The molecule has 18 aromatic rings. The average molecular weight is 1150 g/mol. The lowest BCUT2D eigenvalue weighted by Gasteiger charge is -2.12. The van der Waals surface area contributed by atoms with Gasteiger partial charge in [0.15, 0.2) is 34.9 Å². The molecule has 0 saturated carbocycles. The highest BCUT2D eigenvalue weighted by Gasteiger charge is 2.19. The molecule has 0 bridgehead atoms. The van der Waals surface area contributed by atoms with Crippen molar-refractivity contribution in [3.63, 3.8) is 0 Å². The standard InChI is InChI=1S/2C41H25N3O/c1-2-11-27(12-3-1)32-14-6-7-15-33(32)41-43-39(30-20-18-26-10-4-5-13-29(26)24-30)42-40(44-41)31-21-19-28-22-23-37-38(35(28)25-31)34-16-8-9-17-36(34)45-37;1-2-10-27(11-3-1)39-42-40(44-41(43-39)33-20-17-26-9-4-5-12-28(26)21-33)32-14-8-13-29(22-32)30-18-19-31-25-38-36(24-34(31)23-30)35-15-6-7-16-37(35)45-38/h2*1-25H. The number of aromatic nitrogens is 6. The van der Waals surface area contributed by atoms with Gasteiger partial charge < -0.3 is 8.83 Å². The van der Waals surface area contributed by atoms with E-state index in [4.69, 9.17) is 38.7 Å². The molecule has 14 aromatic carbocycles. The Kier molecular flexibility index (Phi) is 12.7. The Morgan fingerprint density at radius 1 is 0.178 bits per heavy atom. The summed E-state index contributed by atoms with van der Waals surface area (Å²) in [4.78, 5) is 30.3. The van der Waals surface area contributed by atoms with Crippen molar-refractivity contribution in [3.8, 4) is 90.6 Å². The minimum Gasteiger partial charge on any atom is -0.456 e. The van der Waals surface area contributed by atoms with Crippen LogP contribution in [0.3, 0.4) is 0 Å². The van der Waals surface area contributed by atoms with E-state index in [1.807, 2.05) is 66.7 Å². The van der Waals surface area contributed by atoms with Gasteiger partial charge in [-0.1, -0.05) is 243 Å². The summed E-state index contributed by atoms with van der Waals surface area (Å²) in [6.07, 6.45) is 0. The lowest BCUT2D eigenvalue weighted by Crippen LogP contribution is -2.01. The summed E-state index contributed by atoms with van der Waals surface area (Å²) in [5.41, 5.74) is 13.6. The van der Waals surface area contributed by atoms with E-state index in [0.29, 0.717) is 34.9 Å². The van der Waals surface area contributed by atoms with Crippen molar-refractivity contribution in [2.24, 2.45) is 0 Å². The van der Waals surface area contributed by atoms with E-state index in [1.54, 1.807) is 0 Å². The molecule has 0 unspecified atom stereocenters. The zero-order valence-electron chi connectivity index (χ0n) is 48.4. The van der Waals surface area contributed by atoms with Crippen LogP contribution < -0.4 is 0 Å². The van der Waals surface area contributed by atoms with Gasteiger partial charge in [-0.2, -0.15) is 0 Å². The highest BCUT2D eigenvalue weighted by Crippen LogP contribution is 2.40. The predicted molar refractivity (Wildman–Crippen MR) is 368 cm³/mol. The minimum atomic E-state index is 0.623. The van der Waals surface area contributed by atoms with Crippen molar-refractivity contribution in [3.05, 3.63) is 303 Å². The number of para-hydroxylation sites is 2. The first-order valence-electron chi connectivity index (χ1n) is 30.0. The lowest BCUT2D eigenvalue weighted by atomic mass is 9.98. The molecular formula is C82H50N6O2. The van der Waals surface area contributed by atoms with Crippen LogP contribution in [0.4, 0.5) is 0 Å². The lowest BCUT2D eigenvalue weighted by molar-refractivity contribution is 0.669. The summed E-state index contributed by atoms with van der Waals surface area (Å²) in [6, 6.07) is 105. The average Bonchev–Trinajstić information content (AvgIpc) is 1.69. The van der Waals surface area contributed by atoms with Gasteiger partial charge in [-0.3, -0.25) is 0 Å². The third-order valence-electron chi connectivity index (χ3n) is 17.0. The van der Waals surface area contributed by atoms with E-state index in [0.717, 1.165) is 126 Å². The molecule has 0 atom stereocenters. The van der Waals surface area contributed by atoms with Crippen molar-refractivity contribution < 1.29 is 8.83 Å². The number of hydrogen-bond acceptors (Lipinski definition) is 8. The molecule has 0 aliphatic carbocycles. The molecule has 0 radical (unpaired) electrons. The SMILES string of the molecule is c1ccc(-c2ccccc2-c2nc(-c3ccc4ccccc4c3)nc(-c3ccc4ccc5oc6ccccc6c5c4c3)n2)cc1.c1ccc(-c2nc(-c3cccc(-c4ccc5cc6oc7ccccc7c6cc5c4)c3)nc(-c3ccc4ccccc4c3)n2)cc1. The van der Waals surface area contributed by atoms with Gasteiger partial charge >= 0.3 is 0 Å². The van der Waals surface area contributed by atoms with Gasteiger partial charge in [0, 0.05) is 54.9 Å². The molecule has 90 heavy (non-hydrogen) atoms. The zero-order valence-corrected chi connectivity index (χ0v) is 48.4. The van der Waals surface area contributed by atoms with E-state index in [1.165, 1.54) is 16.2 Å². The third-order valence-corrected chi connectivity index (χ3v) is 17.0. The first kappa shape index (κ1) is 52.1. The quantitative estimate of drug-likeness (QED) is 0.148. The molecule has 0 amide bonds. The monoisotopic (exact) mass is 1150 g/mol. The Hall–Kier alpha value is -12.3. The molecule has 8 heteroatoms. The molecule has 4 heterocycles. The van der Waals surface area contributed by atoms with Gasteiger partial charge in [0.2, 0.25) is 0 Å². The molecule has 0 aliphatic heterocycles. The maximum atomic E-state index is 6.21. The van der Waals surface area contributed by atoms with Gasteiger partial charge in [0.1, 0.15) is 22.3 Å². The third kappa shape index (κ3) is 9.62. The first-order chi connectivity index (χ1) is 44.5. The van der Waals surface area contributed by atoms with Gasteiger partial charge in [-0.05, 0) is 126 Å². The van der Waals surface area contributed by atoms with E-state index in [-0.39, 0.29) is 0 Å². The Morgan fingerprint density at radius 2 is 0.600 bits per heavy atom. The summed E-state index contributed by atoms with van der Waals surface area (Å²) in [5, 5.41) is 13.7. The number of furan rings is 2. The van der Waals surface area contributed by atoms with E-state index in [9.17, 15) is 0 Å². The predicted octanol–water partition coefficient (Wildman–Crippen LogP) is 21.5. The maximum Gasteiger partial charge on any atom is 0.164 e. The van der Waals surface area contributed by atoms with Gasteiger partial charge in [0.25, 0.3) is 0 Å². The molecule has 0 saturated heterocycles. The van der Waals surface area contributed by atoms with Crippen LogP contribution in [-0.4, -0.2) is 29.9 Å². The van der Waals surface area contributed by atoms with Crippen LogP contribution in [0.2, 0.25) is 0 Å². The van der Waals surface area contributed by atoms with Crippen LogP contribution in [0.15, 0.2) is 312 Å². The van der Waals surface area contributed by atoms with Crippen LogP contribution in [0.5, 0.6) is 0 Å². The van der Waals surface area contributed by atoms with E-state index in [2.05, 4.69) is 237 Å². The highest BCUT2D eigenvalue weighted by molar-refractivity contribution is 6.19. The van der Waals surface area contributed by atoms with Crippen LogP contribution in [0.25, 0.3) is 178 Å². The minimum absolute atomic E-state index is 0.623. The summed E-state index contributed by atoms with van der Waals surface area (Å²) in [7, 11) is 0. The largest absolute Gasteiger partial charge is 0.456 e. The Morgan fingerprint density at radius 3 is 1.28 bits per heavy atom. The fourth-order valence-electron chi connectivity index (χ4n) is 12.5. The number of rotatable bonds is 8. The number of fused-ring (bicyclic) bond motifs is 11. The van der Waals surface area contributed by atoms with Crippen molar-refractivity contribution in [2.45, 2.75) is 0 Å². The molecular weight excluding hydrogens is 1100 g/mol. The van der Waals surface area contributed by atoms with Crippen molar-refractivity contribution in [1.29, 1.82) is 0 Å². The molecule has 18 rings (SSSR count). The molecule has 0 aliphatic rings. The maximum absolute atomic E-state index is 6.21. The van der Waals surface area contributed by atoms with Crippen molar-refractivity contribution in [1.82, 2.24) is 29.9 Å². The molecule has 420 valence electrons. The van der Waals surface area contributed by atoms with Crippen LogP contribution in [0.1, 0.15) is 0 Å². The summed E-state index contributed by atoms with van der Waals surface area (Å²) in [5.74, 6) is 3.83. The second-order valence-electron chi connectivity index (χ2n) is 22.6. The topological polar surface area (TPSA) is 104 Å². The number of hydrogen-bond donors (Lipinski definition) is 0. The van der Waals surface area contributed by atoms with Gasteiger partial charge in [0.05, 0.1) is 0 Å². The number of benzene rings is 14. The fourth-order valence-corrected chi connectivity index (χ4v) is 12.5. The Bertz CT molecular complexity index is 5820. The second kappa shape index (κ2) is 21.9. The van der Waals surface area contributed by atoms with E-state index < -0.39 is 0 Å². The van der Waals surface area contributed by atoms with Crippen molar-refractivity contribution in [2.75, 3.05) is 0 Å². The Labute approximate surface area is 516 Å². The number of nitrogens with zero attached hydrogens (tertiary/aromatic N) is 6. The molecule has 8 nitrogen and oxygen atoms in total. The highest BCUT2D eigenvalue weighted by atomic mass is 16.3. The fraction of sp³-hybridized carbons (Fsp3) is 0. The zero-order chi connectivity index (χ0) is 59.5. The van der Waals surface area contributed by atoms with Gasteiger partial charge in [-0.25, -0.2) is 29.9 Å². The first-order valence-corrected chi connectivity index (χ1v) is 30.0.